The number of benzene rings is 4. The predicted molar refractivity (Wildman–Crippen MR) is 217 cm³/mol. The first-order valence-corrected chi connectivity index (χ1v) is 20.9. The summed E-state index contributed by atoms with van der Waals surface area (Å²) in [7, 11) is 4.36. The first-order valence-electron chi connectivity index (χ1n) is 18.0. The van der Waals surface area contributed by atoms with Crippen molar-refractivity contribution in [3.8, 4) is 23.0 Å². The van der Waals surface area contributed by atoms with Gasteiger partial charge in [0.25, 0.3) is 10.1 Å². The summed E-state index contributed by atoms with van der Waals surface area (Å²) in [5.41, 5.74) is 4.29. The predicted octanol–water partition coefficient (Wildman–Crippen LogP) is 7.82. The summed E-state index contributed by atoms with van der Waals surface area (Å²) in [5.74, 6) is 4.54. The molecule has 286 valence electrons. The molecule has 11 heteroatoms. The Kier molecular flexibility index (Phi) is 13.9. The lowest BCUT2D eigenvalue weighted by Crippen LogP contribution is -2.46. The average molecular weight is 763 g/mol. The van der Waals surface area contributed by atoms with Gasteiger partial charge in [0.05, 0.1) is 52.7 Å². The van der Waals surface area contributed by atoms with E-state index in [0.717, 1.165) is 79.0 Å². The van der Waals surface area contributed by atoms with Crippen molar-refractivity contribution in [2.24, 2.45) is 0 Å². The van der Waals surface area contributed by atoms with Crippen molar-refractivity contribution in [1.82, 2.24) is 0 Å². The first-order chi connectivity index (χ1) is 25.6. The number of anilines is 2. The maximum absolute atomic E-state index is 12.4. The van der Waals surface area contributed by atoms with Crippen LogP contribution in [-0.4, -0.2) is 87.9 Å². The van der Waals surface area contributed by atoms with Crippen LogP contribution < -0.4 is 28.7 Å². The second-order valence-electron chi connectivity index (χ2n) is 13.6. The van der Waals surface area contributed by atoms with Crippen LogP contribution in [0.4, 0.5) is 11.4 Å². The number of hydrogen-bond donors (Lipinski definition) is 0. The highest BCUT2D eigenvalue weighted by atomic mass is 32.2. The van der Waals surface area contributed by atoms with Crippen molar-refractivity contribution >= 4 is 33.3 Å². The highest BCUT2D eigenvalue weighted by Gasteiger charge is 2.41. The molecule has 0 spiro atoms. The lowest BCUT2D eigenvalue weighted by atomic mass is 9.74. The minimum atomic E-state index is -3.62. The third-order valence-corrected chi connectivity index (χ3v) is 13.0. The molecule has 0 atom stereocenters. The Balaban J connectivity index is 0.000000206. The average Bonchev–Trinajstić information content (AvgIpc) is 3.21. The maximum Gasteiger partial charge on any atom is 0.267 e. The van der Waals surface area contributed by atoms with Crippen LogP contribution in [0.5, 0.6) is 23.0 Å². The Hall–Kier alpha value is -4.06. The van der Waals surface area contributed by atoms with Crippen LogP contribution in [0.15, 0.2) is 97.1 Å². The number of ether oxygens (including phenoxy) is 4. The van der Waals surface area contributed by atoms with Gasteiger partial charge in [-0.3, -0.25) is 4.18 Å². The Morgan fingerprint density at radius 1 is 0.585 bits per heavy atom. The van der Waals surface area contributed by atoms with Gasteiger partial charge < -0.3 is 28.7 Å². The zero-order valence-electron chi connectivity index (χ0n) is 31.9. The Morgan fingerprint density at radius 3 is 1.43 bits per heavy atom. The van der Waals surface area contributed by atoms with Crippen LogP contribution in [0.1, 0.15) is 36.8 Å². The van der Waals surface area contributed by atoms with E-state index >= 15 is 0 Å². The van der Waals surface area contributed by atoms with E-state index in [2.05, 4.69) is 46.4 Å². The summed E-state index contributed by atoms with van der Waals surface area (Å²) in [6.07, 6.45) is 5.84. The number of piperidine rings is 2. The Morgan fingerprint density at radius 2 is 1.02 bits per heavy atom. The van der Waals surface area contributed by atoms with Gasteiger partial charge in [-0.25, -0.2) is 0 Å². The zero-order valence-corrected chi connectivity index (χ0v) is 33.5. The van der Waals surface area contributed by atoms with Crippen LogP contribution in [0.3, 0.4) is 0 Å². The van der Waals surface area contributed by atoms with Gasteiger partial charge in [-0.05, 0) is 91.6 Å². The van der Waals surface area contributed by atoms with Crippen molar-refractivity contribution in [2.45, 2.75) is 36.5 Å². The molecule has 0 aromatic heterocycles. The van der Waals surface area contributed by atoms with Crippen molar-refractivity contribution < 1.29 is 31.5 Å². The van der Waals surface area contributed by atoms with E-state index in [9.17, 15) is 8.42 Å². The summed E-state index contributed by atoms with van der Waals surface area (Å²) in [6.45, 7) is 3.52. The standard InChI is InChI=1S/C21H27NO5S.C21H27NO2S/c1-25-18-8-6-7-17(15-18)21(16-28(23,24)27-3)11-13-22(14-12-21)19-9-4-5-10-20(19)26-2;1-23-18-8-6-7-17(15-18)21(16-25-3)11-13-22(14-12-21)19-9-4-5-10-20(19)24-2/h4-10,15H,11-14,16H2,1-3H3;4-10,15H,11-14,16H2,1-3H3. The van der Waals surface area contributed by atoms with Crippen molar-refractivity contribution in [3.05, 3.63) is 108 Å². The number of para-hydroxylation sites is 4. The molecule has 2 heterocycles. The molecule has 53 heavy (non-hydrogen) atoms. The molecule has 2 aliphatic heterocycles. The maximum atomic E-state index is 12.4. The zero-order chi connectivity index (χ0) is 37.9. The van der Waals surface area contributed by atoms with Gasteiger partial charge in [-0.2, -0.15) is 20.2 Å². The van der Waals surface area contributed by atoms with Crippen molar-refractivity contribution in [2.75, 3.05) is 89.3 Å². The van der Waals surface area contributed by atoms with Gasteiger partial charge in [-0.15, -0.1) is 0 Å². The molecule has 2 saturated heterocycles. The summed E-state index contributed by atoms with van der Waals surface area (Å²) >= 11 is 1.94. The molecule has 2 fully saturated rings. The molecule has 4 aromatic carbocycles. The molecular weight excluding hydrogens is 709 g/mol. The smallest absolute Gasteiger partial charge is 0.267 e. The molecule has 0 saturated carbocycles. The molecule has 0 unspecified atom stereocenters. The van der Waals surface area contributed by atoms with E-state index in [-0.39, 0.29) is 11.2 Å². The first kappa shape index (κ1) is 40.1. The van der Waals surface area contributed by atoms with E-state index in [4.69, 9.17) is 23.1 Å². The number of nitrogens with zero attached hydrogens (tertiary/aromatic N) is 2. The number of rotatable bonds is 13. The van der Waals surface area contributed by atoms with Gasteiger partial charge in [0.15, 0.2) is 0 Å². The van der Waals surface area contributed by atoms with E-state index in [1.807, 2.05) is 78.5 Å². The highest BCUT2D eigenvalue weighted by molar-refractivity contribution is 7.98. The third-order valence-electron chi connectivity index (χ3n) is 10.8. The van der Waals surface area contributed by atoms with Gasteiger partial charge in [-0.1, -0.05) is 48.5 Å². The number of hydrogen-bond acceptors (Lipinski definition) is 10. The molecule has 6 rings (SSSR count). The molecule has 0 aliphatic carbocycles. The molecule has 0 amide bonds. The van der Waals surface area contributed by atoms with Crippen LogP contribution in [0.2, 0.25) is 0 Å². The van der Waals surface area contributed by atoms with Gasteiger partial charge in [0.2, 0.25) is 0 Å². The SMILES string of the molecule is COc1cccc(C2(CS(=O)(=O)OC)CCN(c3ccccc3OC)CC2)c1.COc1cccc(C2(CSC)CCN(c3ccccc3OC)CC2)c1. The third kappa shape index (κ3) is 9.55. The van der Waals surface area contributed by atoms with Crippen LogP contribution in [0.25, 0.3) is 0 Å². The summed E-state index contributed by atoms with van der Waals surface area (Å²) in [5, 5.41) is 0. The summed E-state index contributed by atoms with van der Waals surface area (Å²) < 4.78 is 51.4. The van der Waals surface area contributed by atoms with Crippen LogP contribution >= 0.6 is 11.8 Å². The van der Waals surface area contributed by atoms with Crippen LogP contribution in [-0.2, 0) is 25.1 Å². The van der Waals surface area contributed by atoms with E-state index in [0.29, 0.717) is 12.8 Å². The lowest BCUT2D eigenvalue weighted by molar-refractivity contribution is 0.333. The van der Waals surface area contributed by atoms with E-state index in [1.54, 1.807) is 28.4 Å². The molecule has 9 nitrogen and oxygen atoms in total. The quantitative estimate of drug-likeness (QED) is 0.126. The molecule has 0 radical (unpaired) electrons. The number of thioether (sulfide) groups is 1. The summed E-state index contributed by atoms with van der Waals surface area (Å²) in [6, 6.07) is 32.5. The normalized spacial score (nSPS) is 16.6. The van der Waals surface area contributed by atoms with E-state index < -0.39 is 15.5 Å². The van der Waals surface area contributed by atoms with Crippen molar-refractivity contribution in [3.63, 3.8) is 0 Å². The second-order valence-corrected chi connectivity index (χ2v) is 16.2. The molecule has 0 N–H and O–H groups in total. The van der Waals surface area contributed by atoms with E-state index in [1.165, 1.54) is 18.4 Å². The summed E-state index contributed by atoms with van der Waals surface area (Å²) in [4.78, 5) is 4.70. The fourth-order valence-corrected chi connectivity index (χ4v) is 10.0. The molecule has 4 aromatic rings. The molecular formula is C42H54N2O7S2. The largest absolute Gasteiger partial charge is 0.497 e. The fourth-order valence-electron chi connectivity index (χ4n) is 7.75. The Bertz CT molecular complexity index is 1870. The lowest BCUT2D eigenvalue weighted by Gasteiger charge is -2.43. The Labute approximate surface area is 320 Å². The minimum Gasteiger partial charge on any atom is -0.497 e. The minimum absolute atomic E-state index is 0.0522. The van der Waals surface area contributed by atoms with Crippen molar-refractivity contribution in [1.29, 1.82) is 0 Å². The topological polar surface area (TPSA) is 86.8 Å². The monoisotopic (exact) mass is 762 g/mol. The second kappa shape index (κ2) is 18.3. The van der Waals surface area contributed by atoms with Crippen LogP contribution in [0, 0.1) is 0 Å². The number of methoxy groups -OCH3 is 4. The van der Waals surface area contributed by atoms with Gasteiger partial charge in [0, 0.05) is 42.8 Å². The fraction of sp³-hybridized carbons (Fsp3) is 0.429. The highest BCUT2D eigenvalue weighted by Crippen LogP contribution is 2.43. The molecule has 0 bridgehead atoms. The van der Waals surface area contributed by atoms with Gasteiger partial charge >= 0.3 is 0 Å². The molecule has 2 aliphatic rings. The van der Waals surface area contributed by atoms with Gasteiger partial charge in [0.1, 0.15) is 23.0 Å².